The van der Waals surface area contributed by atoms with Crippen LogP contribution in [0.3, 0.4) is 0 Å². The fourth-order valence-electron chi connectivity index (χ4n) is 2.08. The smallest absolute Gasteiger partial charge is 0.144 e. The van der Waals surface area contributed by atoms with Gasteiger partial charge in [0.15, 0.2) is 0 Å². The van der Waals surface area contributed by atoms with Crippen molar-refractivity contribution >= 4 is 5.78 Å². The molecule has 1 spiro atoms. The van der Waals surface area contributed by atoms with Crippen LogP contribution in [0.25, 0.3) is 0 Å². The molecule has 0 bridgehead atoms. The van der Waals surface area contributed by atoms with E-state index in [-0.39, 0.29) is 11.5 Å². The standard InChI is InChI=1S/C8H12O2/c1-10-7-5-6(9)8(7)3-2-4-8/h7H,2-5H2,1H3/t7-/m0/s1. The summed E-state index contributed by atoms with van der Waals surface area (Å²) in [6, 6.07) is 0. The van der Waals surface area contributed by atoms with E-state index in [1.807, 2.05) is 0 Å². The minimum Gasteiger partial charge on any atom is -0.380 e. The fourth-order valence-corrected chi connectivity index (χ4v) is 2.08. The minimum atomic E-state index is 0.00868. The van der Waals surface area contributed by atoms with E-state index in [0.29, 0.717) is 12.2 Å². The van der Waals surface area contributed by atoms with Crippen LogP contribution in [0.5, 0.6) is 0 Å². The van der Waals surface area contributed by atoms with Gasteiger partial charge >= 0.3 is 0 Å². The molecule has 2 fully saturated rings. The van der Waals surface area contributed by atoms with E-state index in [1.165, 1.54) is 6.42 Å². The third kappa shape index (κ3) is 0.511. The van der Waals surface area contributed by atoms with Gasteiger partial charge in [-0.05, 0) is 12.8 Å². The lowest BCUT2D eigenvalue weighted by Gasteiger charge is -2.52. The minimum absolute atomic E-state index is 0.00868. The molecule has 0 aromatic heterocycles. The molecule has 2 aliphatic carbocycles. The van der Waals surface area contributed by atoms with Crippen LogP contribution in [0, 0.1) is 5.41 Å². The summed E-state index contributed by atoms with van der Waals surface area (Å²) in [6.45, 7) is 0. The van der Waals surface area contributed by atoms with Crippen molar-refractivity contribution < 1.29 is 9.53 Å². The number of ether oxygens (including phenoxy) is 1. The Morgan fingerprint density at radius 1 is 1.60 bits per heavy atom. The molecule has 0 saturated heterocycles. The van der Waals surface area contributed by atoms with Crippen LogP contribution < -0.4 is 0 Å². The molecule has 0 aromatic carbocycles. The van der Waals surface area contributed by atoms with Crippen molar-refractivity contribution in [3.05, 3.63) is 0 Å². The lowest BCUT2D eigenvalue weighted by atomic mass is 9.53. The van der Waals surface area contributed by atoms with Crippen LogP contribution in [0.1, 0.15) is 25.7 Å². The summed E-state index contributed by atoms with van der Waals surface area (Å²) in [5.41, 5.74) is 0.00868. The van der Waals surface area contributed by atoms with Gasteiger partial charge in [-0.2, -0.15) is 0 Å². The second-order valence-corrected chi connectivity index (χ2v) is 3.36. The Hall–Kier alpha value is -0.370. The SMILES string of the molecule is CO[C@H]1CC(=O)C12CCC2. The Labute approximate surface area is 60.6 Å². The fraction of sp³-hybridized carbons (Fsp3) is 0.875. The van der Waals surface area contributed by atoms with Gasteiger partial charge in [-0.15, -0.1) is 0 Å². The number of rotatable bonds is 1. The molecule has 0 aliphatic heterocycles. The summed E-state index contributed by atoms with van der Waals surface area (Å²) in [5, 5.41) is 0. The van der Waals surface area contributed by atoms with E-state index in [2.05, 4.69) is 0 Å². The van der Waals surface area contributed by atoms with Crippen molar-refractivity contribution in [1.82, 2.24) is 0 Å². The molecule has 2 heteroatoms. The lowest BCUT2D eigenvalue weighted by Crippen LogP contribution is -2.58. The average Bonchev–Trinajstić information content (AvgIpc) is 1.78. The molecule has 0 unspecified atom stereocenters. The van der Waals surface area contributed by atoms with Gasteiger partial charge in [0.2, 0.25) is 0 Å². The lowest BCUT2D eigenvalue weighted by molar-refractivity contribution is -0.172. The molecule has 0 heterocycles. The number of ketones is 1. The Balaban J connectivity index is 2.10. The molecule has 0 N–H and O–H groups in total. The normalized spacial score (nSPS) is 35.3. The van der Waals surface area contributed by atoms with E-state index >= 15 is 0 Å². The van der Waals surface area contributed by atoms with E-state index in [1.54, 1.807) is 7.11 Å². The van der Waals surface area contributed by atoms with E-state index in [0.717, 1.165) is 12.8 Å². The zero-order chi connectivity index (χ0) is 7.19. The first kappa shape index (κ1) is 6.35. The molecule has 0 aromatic rings. The number of hydrogen-bond acceptors (Lipinski definition) is 2. The highest BCUT2D eigenvalue weighted by Gasteiger charge is 2.58. The van der Waals surface area contributed by atoms with Crippen LogP contribution in [0.15, 0.2) is 0 Å². The quantitative estimate of drug-likeness (QED) is 0.546. The summed E-state index contributed by atoms with van der Waals surface area (Å²) in [6.07, 6.45) is 4.28. The van der Waals surface area contributed by atoms with E-state index in [9.17, 15) is 4.79 Å². The third-order valence-corrected chi connectivity index (χ3v) is 3.07. The Morgan fingerprint density at radius 2 is 2.30 bits per heavy atom. The second kappa shape index (κ2) is 1.82. The first-order valence-corrected chi connectivity index (χ1v) is 3.86. The van der Waals surface area contributed by atoms with Crippen LogP contribution >= 0.6 is 0 Å². The Morgan fingerprint density at radius 3 is 2.50 bits per heavy atom. The van der Waals surface area contributed by atoms with Crippen molar-refractivity contribution in [2.75, 3.05) is 7.11 Å². The topological polar surface area (TPSA) is 26.3 Å². The molecule has 1 atom stereocenters. The predicted octanol–water partition coefficient (Wildman–Crippen LogP) is 1.14. The number of carbonyl (C=O) groups is 1. The van der Waals surface area contributed by atoms with Crippen molar-refractivity contribution in [2.24, 2.45) is 5.41 Å². The summed E-state index contributed by atoms with van der Waals surface area (Å²) >= 11 is 0. The summed E-state index contributed by atoms with van der Waals surface area (Å²) in [5.74, 6) is 0.436. The molecular weight excluding hydrogens is 128 g/mol. The van der Waals surface area contributed by atoms with Crippen LogP contribution in [-0.4, -0.2) is 19.0 Å². The molecule has 56 valence electrons. The average molecular weight is 140 g/mol. The summed E-state index contributed by atoms with van der Waals surface area (Å²) in [7, 11) is 1.71. The van der Waals surface area contributed by atoms with Gasteiger partial charge < -0.3 is 4.74 Å². The zero-order valence-corrected chi connectivity index (χ0v) is 6.22. The molecule has 10 heavy (non-hydrogen) atoms. The zero-order valence-electron chi connectivity index (χ0n) is 6.22. The van der Waals surface area contributed by atoms with Crippen molar-refractivity contribution in [3.63, 3.8) is 0 Å². The van der Waals surface area contributed by atoms with Gasteiger partial charge in [-0.25, -0.2) is 0 Å². The molecular formula is C8H12O2. The van der Waals surface area contributed by atoms with Crippen LogP contribution in [0.4, 0.5) is 0 Å². The highest BCUT2D eigenvalue weighted by Crippen LogP contribution is 2.54. The van der Waals surface area contributed by atoms with Gasteiger partial charge in [-0.1, -0.05) is 6.42 Å². The van der Waals surface area contributed by atoms with Crippen molar-refractivity contribution in [3.8, 4) is 0 Å². The monoisotopic (exact) mass is 140 g/mol. The van der Waals surface area contributed by atoms with Crippen LogP contribution in [0.2, 0.25) is 0 Å². The second-order valence-electron chi connectivity index (χ2n) is 3.36. The first-order valence-electron chi connectivity index (χ1n) is 3.86. The third-order valence-electron chi connectivity index (χ3n) is 3.07. The molecule has 2 aliphatic rings. The highest BCUT2D eigenvalue weighted by molar-refractivity contribution is 5.93. The first-order chi connectivity index (χ1) is 4.79. The maximum Gasteiger partial charge on any atom is 0.144 e. The summed E-state index contributed by atoms with van der Waals surface area (Å²) in [4.78, 5) is 11.1. The maximum atomic E-state index is 11.1. The molecule has 2 nitrogen and oxygen atoms in total. The maximum absolute atomic E-state index is 11.1. The van der Waals surface area contributed by atoms with E-state index in [4.69, 9.17) is 4.74 Å². The van der Waals surface area contributed by atoms with Crippen molar-refractivity contribution in [2.45, 2.75) is 31.8 Å². The van der Waals surface area contributed by atoms with E-state index < -0.39 is 0 Å². The Bertz CT molecular complexity index is 170. The van der Waals surface area contributed by atoms with Crippen LogP contribution in [-0.2, 0) is 9.53 Å². The molecule has 2 saturated carbocycles. The highest BCUT2D eigenvalue weighted by atomic mass is 16.5. The molecule has 0 amide bonds. The van der Waals surface area contributed by atoms with Gasteiger partial charge in [0, 0.05) is 13.5 Å². The van der Waals surface area contributed by atoms with Crippen molar-refractivity contribution in [1.29, 1.82) is 0 Å². The molecule has 2 rings (SSSR count). The number of hydrogen-bond donors (Lipinski definition) is 0. The Kier molecular flexibility index (Phi) is 1.15. The van der Waals surface area contributed by atoms with Gasteiger partial charge in [0.25, 0.3) is 0 Å². The number of Topliss-reactive ketones (excluding diaryl/α,β-unsaturated/α-hetero) is 1. The van der Waals surface area contributed by atoms with Gasteiger partial charge in [0.05, 0.1) is 11.5 Å². The number of carbonyl (C=O) groups excluding carboxylic acids is 1. The van der Waals surface area contributed by atoms with Gasteiger partial charge in [-0.3, -0.25) is 4.79 Å². The largest absolute Gasteiger partial charge is 0.380 e. The molecule has 0 radical (unpaired) electrons. The van der Waals surface area contributed by atoms with Gasteiger partial charge in [0.1, 0.15) is 5.78 Å². The number of methoxy groups -OCH3 is 1. The summed E-state index contributed by atoms with van der Waals surface area (Å²) < 4.78 is 5.19. The predicted molar refractivity (Wildman–Crippen MR) is 36.7 cm³/mol.